The molecule has 1 saturated heterocycles. The first-order valence-electron chi connectivity index (χ1n) is 10.00. The van der Waals surface area contributed by atoms with E-state index in [0.717, 1.165) is 10.6 Å². The lowest BCUT2D eigenvalue weighted by Gasteiger charge is -2.25. The molecule has 0 bridgehead atoms. The zero-order valence-electron chi connectivity index (χ0n) is 17.2. The molecule has 0 aliphatic carbocycles. The number of rotatable bonds is 4. The van der Waals surface area contributed by atoms with Crippen molar-refractivity contribution < 1.29 is 19.1 Å². The molecule has 3 aromatic rings. The highest BCUT2D eigenvalue weighted by atomic mass is 32.1. The number of thiazole rings is 1. The first-order chi connectivity index (χ1) is 14.9. The van der Waals surface area contributed by atoms with Gasteiger partial charge in [0.1, 0.15) is 23.8 Å². The Morgan fingerprint density at radius 1 is 1.10 bits per heavy atom. The normalized spacial score (nSPS) is 20.1. The second-order valence-electron chi connectivity index (χ2n) is 7.81. The van der Waals surface area contributed by atoms with Crippen LogP contribution in [-0.2, 0) is 16.9 Å². The number of nitrogens with one attached hydrogen (secondary N) is 1. The molecule has 158 valence electrons. The van der Waals surface area contributed by atoms with Gasteiger partial charge < -0.3 is 14.8 Å². The lowest BCUT2D eigenvalue weighted by Crippen LogP contribution is -2.41. The molecule has 3 amide bonds. The largest absolute Gasteiger partial charge is 0.486 e. The number of hydrogen-bond donors (Lipinski definition) is 1. The van der Waals surface area contributed by atoms with Crippen LogP contribution in [0.3, 0.4) is 0 Å². The number of aryl methyl sites for hydroxylation is 1. The average molecular weight is 436 g/mol. The highest BCUT2D eigenvalue weighted by molar-refractivity contribution is 7.13. The van der Waals surface area contributed by atoms with E-state index >= 15 is 0 Å². The van der Waals surface area contributed by atoms with Crippen molar-refractivity contribution in [1.82, 2.24) is 15.2 Å². The molecule has 3 heterocycles. The first-order valence-corrected chi connectivity index (χ1v) is 10.9. The maximum atomic E-state index is 13.3. The quantitative estimate of drug-likeness (QED) is 0.630. The van der Waals surface area contributed by atoms with Gasteiger partial charge in [-0.2, -0.15) is 0 Å². The van der Waals surface area contributed by atoms with Crippen LogP contribution in [0.1, 0.15) is 23.7 Å². The van der Waals surface area contributed by atoms with Gasteiger partial charge in [0, 0.05) is 10.9 Å². The summed E-state index contributed by atoms with van der Waals surface area (Å²) in [5, 5.41) is 5.58. The summed E-state index contributed by atoms with van der Waals surface area (Å²) in [6.45, 7) is 4.80. The van der Waals surface area contributed by atoms with Crippen molar-refractivity contribution in [2.75, 3.05) is 13.2 Å². The number of carbonyl (C=O) groups is 2. The number of urea groups is 1. The Labute approximate surface area is 183 Å². The first kappa shape index (κ1) is 19.6. The Morgan fingerprint density at radius 2 is 1.84 bits per heavy atom. The minimum Gasteiger partial charge on any atom is -0.486 e. The van der Waals surface area contributed by atoms with Crippen LogP contribution < -0.4 is 14.8 Å². The SMILES string of the molecule is Cc1ccc(-c2nc(CN3C(=O)N[C@@](C)(c4ccc5c(c4)OCCO5)C3=O)cs2)cc1. The second-order valence-corrected chi connectivity index (χ2v) is 8.67. The van der Waals surface area contributed by atoms with Gasteiger partial charge in [0.05, 0.1) is 12.2 Å². The molecule has 31 heavy (non-hydrogen) atoms. The van der Waals surface area contributed by atoms with Crippen LogP contribution in [-0.4, -0.2) is 35.0 Å². The fraction of sp³-hybridized carbons (Fsp3) is 0.261. The number of imide groups is 1. The predicted molar refractivity (Wildman–Crippen MR) is 116 cm³/mol. The molecule has 2 aliphatic rings. The van der Waals surface area contributed by atoms with Crippen LogP contribution in [0.4, 0.5) is 4.79 Å². The average Bonchev–Trinajstić information content (AvgIpc) is 3.33. The molecule has 1 N–H and O–H groups in total. The topological polar surface area (TPSA) is 80.8 Å². The highest BCUT2D eigenvalue weighted by Crippen LogP contribution is 2.37. The Bertz CT molecular complexity index is 1170. The van der Waals surface area contributed by atoms with Crippen molar-refractivity contribution >= 4 is 23.3 Å². The van der Waals surface area contributed by atoms with Crippen LogP contribution in [0.5, 0.6) is 11.5 Å². The molecule has 5 rings (SSSR count). The summed E-state index contributed by atoms with van der Waals surface area (Å²) in [7, 11) is 0. The van der Waals surface area contributed by atoms with Crippen molar-refractivity contribution in [2.24, 2.45) is 0 Å². The number of fused-ring (bicyclic) bond motifs is 1. The zero-order valence-corrected chi connectivity index (χ0v) is 18.0. The molecule has 1 atom stereocenters. The number of aromatic nitrogens is 1. The van der Waals surface area contributed by atoms with E-state index < -0.39 is 11.6 Å². The summed E-state index contributed by atoms with van der Waals surface area (Å²) in [6.07, 6.45) is 0. The van der Waals surface area contributed by atoms with E-state index in [0.29, 0.717) is 36.0 Å². The van der Waals surface area contributed by atoms with Crippen molar-refractivity contribution in [3.05, 3.63) is 64.7 Å². The minimum atomic E-state index is -1.18. The predicted octanol–water partition coefficient (Wildman–Crippen LogP) is 3.86. The fourth-order valence-electron chi connectivity index (χ4n) is 3.76. The summed E-state index contributed by atoms with van der Waals surface area (Å²) in [5.41, 5.74) is 2.34. The van der Waals surface area contributed by atoms with E-state index in [9.17, 15) is 9.59 Å². The van der Waals surface area contributed by atoms with Crippen LogP contribution in [0.25, 0.3) is 10.6 Å². The van der Waals surface area contributed by atoms with Gasteiger partial charge in [-0.15, -0.1) is 11.3 Å². The van der Waals surface area contributed by atoms with Gasteiger partial charge in [0.2, 0.25) is 0 Å². The Kier molecular flexibility index (Phi) is 4.66. The Hall–Kier alpha value is -3.39. The van der Waals surface area contributed by atoms with Crippen LogP contribution >= 0.6 is 11.3 Å². The third kappa shape index (κ3) is 3.42. The number of hydrogen-bond acceptors (Lipinski definition) is 6. The molecule has 0 unspecified atom stereocenters. The summed E-state index contributed by atoms with van der Waals surface area (Å²) in [4.78, 5) is 31.8. The standard InChI is InChI=1S/C23H21N3O4S/c1-14-3-5-15(6-4-14)20-24-17(13-31-20)12-26-21(27)23(2,25-22(26)28)16-7-8-18-19(11-16)30-10-9-29-18/h3-8,11,13H,9-10,12H2,1-2H3,(H,25,28)/t23-/m0/s1. The molecular weight excluding hydrogens is 414 g/mol. The number of ether oxygens (including phenoxy) is 2. The van der Waals surface area contributed by atoms with E-state index in [2.05, 4.69) is 10.3 Å². The Balaban J connectivity index is 1.37. The maximum Gasteiger partial charge on any atom is 0.325 e. The van der Waals surface area contributed by atoms with Gasteiger partial charge in [-0.25, -0.2) is 9.78 Å². The molecule has 8 heteroatoms. The third-order valence-electron chi connectivity index (χ3n) is 5.56. The number of nitrogens with zero attached hydrogens (tertiary/aromatic N) is 2. The Morgan fingerprint density at radius 3 is 2.61 bits per heavy atom. The smallest absolute Gasteiger partial charge is 0.325 e. The zero-order chi connectivity index (χ0) is 21.6. The van der Waals surface area contributed by atoms with Gasteiger partial charge in [-0.05, 0) is 31.5 Å². The van der Waals surface area contributed by atoms with E-state index in [-0.39, 0.29) is 12.5 Å². The molecule has 0 saturated carbocycles. The molecule has 7 nitrogen and oxygen atoms in total. The van der Waals surface area contributed by atoms with Gasteiger partial charge in [-0.3, -0.25) is 9.69 Å². The molecule has 2 aliphatic heterocycles. The lowest BCUT2D eigenvalue weighted by atomic mass is 9.91. The molecule has 2 aromatic carbocycles. The van der Waals surface area contributed by atoms with Crippen LogP contribution in [0.2, 0.25) is 0 Å². The van der Waals surface area contributed by atoms with E-state index in [1.54, 1.807) is 25.1 Å². The van der Waals surface area contributed by atoms with E-state index in [1.807, 2.05) is 36.6 Å². The van der Waals surface area contributed by atoms with Crippen molar-refractivity contribution in [2.45, 2.75) is 25.9 Å². The van der Waals surface area contributed by atoms with Crippen LogP contribution in [0.15, 0.2) is 47.8 Å². The van der Waals surface area contributed by atoms with Gasteiger partial charge in [0.25, 0.3) is 5.91 Å². The maximum absolute atomic E-state index is 13.3. The summed E-state index contributed by atoms with van der Waals surface area (Å²) >= 11 is 1.49. The van der Waals surface area contributed by atoms with Crippen molar-refractivity contribution in [1.29, 1.82) is 0 Å². The summed E-state index contributed by atoms with van der Waals surface area (Å²) in [5.74, 6) is 0.894. The molecule has 1 fully saturated rings. The van der Waals surface area contributed by atoms with Gasteiger partial charge in [0.15, 0.2) is 11.5 Å². The monoisotopic (exact) mass is 435 g/mol. The van der Waals surface area contributed by atoms with Gasteiger partial charge >= 0.3 is 6.03 Å². The van der Waals surface area contributed by atoms with Crippen molar-refractivity contribution in [3.8, 4) is 22.1 Å². The highest BCUT2D eigenvalue weighted by Gasteiger charge is 2.49. The van der Waals surface area contributed by atoms with Gasteiger partial charge in [-0.1, -0.05) is 35.9 Å². The molecular formula is C23H21N3O4S. The summed E-state index contributed by atoms with van der Waals surface area (Å²) < 4.78 is 11.2. The minimum absolute atomic E-state index is 0.118. The third-order valence-corrected chi connectivity index (χ3v) is 6.51. The molecule has 1 aromatic heterocycles. The summed E-state index contributed by atoms with van der Waals surface area (Å²) in [6, 6.07) is 13.0. The van der Waals surface area contributed by atoms with E-state index in [1.165, 1.54) is 21.8 Å². The lowest BCUT2D eigenvalue weighted by molar-refractivity contribution is -0.131. The van der Waals surface area contributed by atoms with E-state index in [4.69, 9.17) is 9.47 Å². The number of amides is 3. The molecule has 0 radical (unpaired) electrons. The number of carbonyl (C=O) groups excluding carboxylic acids is 2. The fourth-order valence-corrected chi connectivity index (χ4v) is 4.58. The number of benzene rings is 2. The second kappa shape index (κ2) is 7.39. The van der Waals surface area contributed by atoms with Crippen LogP contribution in [0, 0.1) is 6.92 Å². The molecule has 0 spiro atoms. The van der Waals surface area contributed by atoms with Crippen molar-refractivity contribution in [3.63, 3.8) is 0 Å².